The molecule has 0 saturated heterocycles. The number of anilines is 1. The van der Waals surface area contributed by atoms with Crippen LogP contribution in [0.25, 0.3) is 11.0 Å². The number of aliphatic carboxylic acids is 1. The van der Waals surface area contributed by atoms with Crippen molar-refractivity contribution < 1.29 is 62.5 Å². The van der Waals surface area contributed by atoms with Crippen LogP contribution in [0.5, 0.6) is 0 Å². The number of carbonyl (C=O) groups is 9. The fourth-order valence-electron chi connectivity index (χ4n) is 9.59. The van der Waals surface area contributed by atoms with Gasteiger partial charge in [-0.15, -0.1) is 0 Å². The molecule has 4 aromatic rings. The number of carboxylic acids is 1. The first-order chi connectivity index (χ1) is 43.0. The zero-order valence-corrected chi connectivity index (χ0v) is 56.2. The van der Waals surface area contributed by atoms with Gasteiger partial charge in [0, 0.05) is 60.3 Å². The third kappa shape index (κ3) is 24.4. The molecule has 24 nitrogen and oxygen atoms in total. The monoisotopic (exact) mass is 1300 g/mol. The number of rotatable bonds is 36. The lowest BCUT2D eigenvalue weighted by atomic mass is 9.76. The molecule has 10 N–H and O–H groups in total. The molecule has 5 atom stereocenters. The van der Waals surface area contributed by atoms with E-state index in [-0.39, 0.29) is 82.8 Å². The van der Waals surface area contributed by atoms with Crippen LogP contribution < -0.4 is 43.0 Å². The van der Waals surface area contributed by atoms with Crippen molar-refractivity contribution in [2.24, 2.45) is 23.0 Å². The minimum absolute atomic E-state index is 0.0307. The van der Waals surface area contributed by atoms with E-state index in [1.165, 1.54) is 24.9 Å². The van der Waals surface area contributed by atoms with Crippen LogP contribution in [0, 0.1) is 17.3 Å². The number of nitrogens with two attached hydrogens (primary N) is 1. The Morgan fingerprint density at radius 2 is 1.33 bits per heavy atom. The van der Waals surface area contributed by atoms with Crippen molar-refractivity contribution in [1.82, 2.24) is 46.8 Å². The van der Waals surface area contributed by atoms with Gasteiger partial charge in [-0.1, -0.05) is 111 Å². The Balaban J connectivity index is 1.32. The lowest BCUT2D eigenvalue weighted by molar-refractivity contribution is -0.135. The number of carbonyl (C=O) groups excluding carboxylic acids is 8. The lowest BCUT2D eigenvalue weighted by Crippen LogP contribution is -2.62. The lowest BCUT2D eigenvalue weighted by Gasteiger charge is -2.41. The minimum Gasteiger partial charge on any atom is -0.478 e. The molecular weight excluding hydrogens is 1210 g/mol. The molecule has 1 heterocycles. The fraction of sp³-hybridized carbons (Fsp3) is 0.523. The highest BCUT2D eigenvalue weighted by molar-refractivity contribution is 7.98. The third-order valence-corrected chi connectivity index (χ3v) is 15.9. The second-order valence-corrected chi connectivity index (χ2v) is 26.0. The maximum Gasteiger partial charge on any atom is 0.410 e. The van der Waals surface area contributed by atoms with Gasteiger partial charge in [-0.05, 0) is 91.0 Å². The van der Waals surface area contributed by atoms with Crippen LogP contribution in [0.2, 0.25) is 0 Å². The molecule has 0 spiro atoms. The predicted molar refractivity (Wildman–Crippen MR) is 354 cm³/mol. The summed E-state index contributed by atoms with van der Waals surface area (Å²) in [7, 11) is 1.43. The third-order valence-electron chi connectivity index (χ3n) is 14.8. The van der Waals surface area contributed by atoms with Crippen molar-refractivity contribution >= 4 is 93.8 Å². The molecule has 1 aromatic heterocycles. The second-order valence-electron chi connectivity index (χ2n) is 24.3. The van der Waals surface area contributed by atoms with E-state index in [9.17, 15) is 48.3 Å². The number of hydrogen-bond donors (Lipinski definition) is 9. The molecular formula is C65H93N11O13S2. The van der Waals surface area contributed by atoms with Crippen LogP contribution in [0.1, 0.15) is 121 Å². The fourth-order valence-corrected chi connectivity index (χ4v) is 10.6. The molecule has 0 radical (unpaired) electrons. The molecule has 91 heavy (non-hydrogen) atoms. The first-order valence-corrected chi connectivity index (χ1v) is 33.0. The van der Waals surface area contributed by atoms with Gasteiger partial charge in [0.05, 0.1) is 54.9 Å². The molecule has 9 amide bonds. The largest absolute Gasteiger partial charge is 0.478 e. The highest BCUT2D eigenvalue weighted by Crippen LogP contribution is 2.32. The van der Waals surface area contributed by atoms with Crippen LogP contribution in [0.15, 0.2) is 84.4 Å². The van der Waals surface area contributed by atoms with E-state index >= 15 is 0 Å². The normalized spacial score (nSPS) is 13.5. The summed E-state index contributed by atoms with van der Waals surface area (Å²) in [5.74, 6) is -3.36. The Kier molecular flexibility index (Phi) is 30.7. The van der Waals surface area contributed by atoms with Crippen LogP contribution in [0.3, 0.4) is 0 Å². The number of hydrogen-bond acceptors (Lipinski definition) is 16. The van der Waals surface area contributed by atoms with E-state index in [4.69, 9.17) is 29.9 Å². The SMILES string of the molecule is CSCc1nc2ccc(C(=O)NCCOCCOCCC(=O)N[C@H](C(=O)N[C@@H](CCCNC(N)=O)C(=O)Nc3ccc(COC(=O)N(C)[C@H](C(=O)N[C@H](C(=O)N[C@H](/C=C(\C)C(=O)O)C(C)C)C(C)(C)C)C(C)(C)c4ccccc4)cc3)C(C)C)cc2nc1CSC. The maximum absolute atomic E-state index is 14.7. The molecule has 4 rings (SSSR count). The molecule has 0 aliphatic rings. The maximum atomic E-state index is 14.7. The Bertz CT molecular complexity index is 3140. The molecule has 26 heteroatoms. The summed E-state index contributed by atoms with van der Waals surface area (Å²) in [5, 5.41) is 29.0. The van der Waals surface area contributed by atoms with Gasteiger partial charge in [-0.3, -0.25) is 33.7 Å². The first kappa shape index (κ1) is 75.6. The zero-order chi connectivity index (χ0) is 67.6. The number of amides is 9. The van der Waals surface area contributed by atoms with Crippen LogP contribution in [0.4, 0.5) is 15.3 Å². The first-order valence-electron chi connectivity index (χ1n) is 30.2. The predicted octanol–water partition coefficient (Wildman–Crippen LogP) is 6.84. The van der Waals surface area contributed by atoms with E-state index in [1.54, 1.807) is 114 Å². The molecule has 3 aromatic carbocycles. The highest BCUT2D eigenvalue weighted by atomic mass is 32.2. The number of benzene rings is 3. The number of thioether (sulfide) groups is 2. The van der Waals surface area contributed by atoms with Crippen molar-refractivity contribution in [3.8, 4) is 0 Å². The average Bonchev–Trinajstić information content (AvgIpc) is 0.934. The average molecular weight is 1300 g/mol. The number of nitrogens with zero attached hydrogens (tertiary/aromatic N) is 3. The molecule has 498 valence electrons. The van der Waals surface area contributed by atoms with Crippen molar-refractivity contribution in [2.75, 3.05) is 64.4 Å². The van der Waals surface area contributed by atoms with Gasteiger partial charge in [0.25, 0.3) is 5.91 Å². The number of primary amides is 1. The summed E-state index contributed by atoms with van der Waals surface area (Å²) in [6, 6.07) is 14.8. The van der Waals surface area contributed by atoms with E-state index in [1.807, 2.05) is 56.7 Å². The number of aromatic nitrogens is 2. The van der Waals surface area contributed by atoms with Crippen molar-refractivity contribution in [3.05, 3.63) is 113 Å². The van der Waals surface area contributed by atoms with Crippen LogP contribution in [-0.4, -0.2) is 163 Å². The van der Waals surface area contributed by atoms with Crippen molar-refractivity contribution in [3.63, 3.8) is 0 Å². The van der Waals surface area contributed by atoms with Gasteiger partial charge in [-0.2, -0.15) is 23.5 Å². The molecule has 0 fully saturated rings. The van der Waals surface area contributed by atoms with Gasteiger partial charge in [0.1, 0.15) is 30.8 Å². The molecule has 0 aliphatic carbocycles. The summed E-state index contributed by atoms with van der Waals surface area (Å²) in [5.41, 5.74) is 8.68. The summed E-state index contributed by atoms with van der Waals surface area (Å²) >= 11 is 3.34. The van der Waals surface area contributed by atoms with Gasteiger partial charge in [0.2, 0.25) is 29.5 Å². The van der Waals surface area contributed by atoms with Gasteiger partial charge in [-0.25, -0.2) is 24.4 Å². The quantitative estimate of drug-likeness (QED) is 0.0166. The zero-order valence-electron chi connectivity index (χ0n) is 54.6. The Morgan fingerprint density at radius 1 is 0.703 bits per heavy atom. The number of carboxylic acid groups (broad SMARTS) is 1. The van der Waals surface area contributed by atoms with Gasteiger partial charge in [0.15, 0.2) is 0 Å². The standard InChI is InChI=1S/C65H93N11O13S2/c1-39(2)48(34-41(5)61(83)84)73-59(81)54(64(6,7)8)75-60(82)55(65(9,10)44-18-15-14-16-19-44)76(11)63(86)89-36-42-21-24-45(25-22-42)69-57(79)47(20-17-28-68-62(66)85)72-58(80)53(40(3)4)74-52(77)27-30-87-32-33-88-31-29-67-56(78)43-23-26-46-49(35-43)71-51(38-91-13)50(70-46)37-90-12/h14-16,18-19,21-26,34-35,39-40,47-48,53-55H,17,20,27-33,36-38H2,1-13H3,(H,67,78)(H,69,79)(H,72,80)(H,73,81)(H,74,77)(H,75,82)(H,83,84)(H3,66,68,85)/b41-34+/t47-,48+,53-,54+,55+/m0/s1. The van der Waals surface area contributed by atoms with Gasteiger partial charge < -0.3 is 62.3 Å². The smallest absolute Gasteiger partial charge is 0.410 e. The highest BCUT2D eigenvalue weighted by Gasteiger charge is 2.45. The van der Waals surface area contributed by atoms with E-state index in [0.29, 0.717) is 22.3 Å². The molecule has 0 bridgehead atoms. The number of nitrogens with one attached hydrogen (secondary N) is 7. The van der Waals surface area contributed by atoms with Crippen LogP contribution >= 0.6 is 23.5 Å². The summed E-state index contributed by atoms with van der Waals surface area (Å²) in [6.07, 6.45) is 4.89. The summed E-state index contributed by atoms with van der Waals surface area (Å²) < 4.78 is 17.0. The van der Waals surface area contributed by atoms with Crippen molar-refractivity contribution in [2.45, 2.75) is 142 Å². The molecule has 0 saturated carbocycles. The number of likely N-dealkylation sites (N-methyl/N-ethyl adjacent to an activating group) is 1. The Morgan fingerprint density at radius 3 is 1.91 bits per heavy atom. The summed E-state index contributed by atoms with van der Waals surface area (Å²) in [4.78, 5) is 130. The van der Waals surface area contributed by atoms with Crippen molar-refractivity contribution in [1.29, 1.82) is 0 Å². The van der Waals surface area contributed by atoms with E-state index in [0.717, 1.165) is 34.0 Å². The topological polar surface area (TPSA) is 341 Å². The number of urea groups is 1. The molecule has 0 unspecified atom stereocenters. The number of fused-ring (bicyclic) bond motifs is 1. The molecule has 0 aliphatic heterocycles. The Labute approximate surface area is 542 Å². The van der Waals surface area contributed by atoms with E-state index < -0.39 is 94.6 Å². The number of ether oxygens (including phenoxy) is 3. The van der Waals surface area contributed by atoms with Crippen LogP contribution in [-0.2, 0) is 66.5 Å². The Hall–Kier alpha value is -7.81. The second kappa shape index (κ2) is 36.9. The minimum atomic E-state index is -1.23. The summed E-state index contributed by atoms with van der Waals surface area (Å²) in [6.45, 7) is 18.3. The van der Waals surface area contributed by atoms with E-state index in [2.05, 4.69) is 37.2 Å². The van der Waals surface area contributed by atoms with Gasteiger partial charge >= 0.3 is 18.1 Å².